The number of nitriles is 1. The van der Waals surface area contributed by atoms with E-state index in [-0.39, 0.29) is 19.1 Å². The monoisotopic (exact) mass is 451 g/mol. The molecule has 0 saturated heterocycles. The van der Waals surface area contributed by atoms with E-state index in [1.54, 1.807) is 36.7 Å². The third kappa shape index (κ3) is 9.39. The van der Waals surface area contributed by atoms with Crippen molar-refractivity contribution in [1.82, 2.24) is 15.6 Å². The van der Waals surface area contributed by atoms with E-state index in [1.165, 1.54) is 0 Å². The largest absolute Gasteiger partial charge is 0.449 e. The summed E-state index contributed by atoms with van der Waals surface area (Å²) in [7, 11) is 0. The van der Waals surface area contributed by atoms with E-state index in [0.717, 1.165) is 12.0 Å². The van der Waals surface area contributed by atoms with Crippen LogP contribution in [0.4, 0.5) is 10.5 Å². The van der Waals surface area contributed by atoms with Crippen LogP contribution in [-0.4, -0.2) is 42.1 Å². The SMILES string of the molecule is CC(C)C[C@H](NC(=O)c1ccc(NC(=O)OCCCc2cccnc2)cc1)C(=O)NCC#N. The third-order valence-corrected chi connectivity index (χ3v) is 4.63. The summed E-state index contributed by atoms with van der Waals surface area (Å²) in [6, 6.07) is 11.2. The lowest BCUT2D eigenvalue weighted by Crippen LogP contribution is -2.47. The second kappa shape index (κ2) is 13.5. The molecule has 174 valence electrons. The van der Waals surface area contributed by atoms with Gasteiger partial charge in [-0.05, 0) is 61.1 Å². The fraction of sp³-hybridized carbons (Fsp3) is 0.375. The Morgan fingerprint density at radius 1 is 1.15 bits per heavy atom. The fourth-order valence-electron chi connectivity index (χ4n) is 3.04. The molecule has 0 bridgehead atoms. The van der Waals surface area contributed by atoms with Gasteiger partial charge in [0, 0.05) is 23.6 Å². The normalized spacial score (nSPS) is 11.2. The van der Waals surface area contributed by atoms with E-state index in [2.05, 4.69) is 20.9 Å². The number of amides is 3. The maximum atomic E-state index is 12.6. The number of ether oxygens (including phenoxy) is 1. The van der Waals surface area contributed by atoms with E-state index in [9.17, 15) is 14.4 Å². The molecule has 1 aromatic heterocycles. The topological polar surface area (TPSA) is 133 Å². The summed E-state index contributed by atoms with van der Waals surface area (Å²) < 4.78 is 5.18. The second-order valence-corrected chi connectivity index (χ2v) is 7.83. The number of hydrogen-bond acceptors (Lipinski definition) is 6. The van der Waals surface area contributed by atoms with Crippen LogP contribution in [0.5, 0.6) is 0 Å². The van der Waals surface area contributed by atoms with Crippen molar-refractivity contribution in [3.8, 4) is 6.07 Å². The molecule has 0 radical (unpaired) electrons. The van der Waals surface area contributed by atoms with Crippen LogP contribution in [0.2, 0.25) is 0 Å². The summed E-state index contributed by atoms with van der Waals surface area (Å²) in [5.41, 5.74) is 1.90. The first-order chi connectivity index (χ1) is 15.9. The first kappa shape index (κ1) is 25.3. The van der Waals surface area contributed by atoms with Gasteiger partial charge in [-0.1, -0.05) is 19.9 Å². The highest BCUT2D eigenvalue weighted by molar-refractivity contribution is 5.98. The molecule has 0 aliphatic rings. The van der Waals surface area contributed by atoms with E-state index >= 15 is 0 Å². The van der Waals surface area contributed by atoms with Crippen molar-refractivity contribution in [3.05, 3.63) is 59.9 Å². The van der Waals surface area contributed by atoms with Crippen LogP contribution in [0.15, 0.2) is 48.8 Å². The maximum absolute atomic E-state index is 12.6. The fourth-order valence-corrected chi connectivity index (χ4v) is 3.04. The molecule has 3 amide bonds. The molecule has 1 heterocycles. The zero-order valence-electron chi connectivity index (χ0n) is 18.8. The Bertz CT molecular complexity index is 955. The predicted octanol–water partition coefficient (Wildman–Crippen LogP) is 3.05. The van der Waals surface area contributed by atoms with Crippen molar-refractivity contribution < 1.29 is 19.1 Å². The average molecular weight is 452 g/mol. The van der Waals surface area contributed by atoms with E-state index < -0.39 is 23.9 Å². The molecule has 0 unspecified atom stereocenters. The molecule has 9 heteroatoms. The third-order valence-electron chi connectivity index (χ3n) is 4.63. The zero-order valence-corrected chi connectivity index (χ0v) is 18.8. The van der Waals surface area contributed by atoms with Crippen LogP contribution in [0.25, 0.3) is 0 Å². The van der Waals surface area contributed by atoms with E-state index in [4.69, 9.17) is 10.00 Å². The van der Waals surface area contributed by atoms with Gasteiger partial charge in [-0.3, -0.25) is 19.9 Å². The highest BCUT2D eigenvalue weighted by Gasteiger charge is 2.22. The van der Waals surface area contributed by atoms with Crippen LogP contribution in [-0.2, 0) is 16.0 Å². The highest BCUT2D eigenvalue weighted by Crippen LogP contribution is 2.12. The molecule has 0 aliphatic heterocycles. The Hall–Kier alpha value is -3.93. The first-order valence-corrected chi connectivity index (χ1v) is 10.8. The van der Waals surface area contributed by atoms with Crippen LogP contribution >= 0.6 is 0 Å². The summed E-state index contributed by atoms with van der Waals surface area (Å²) in [5.74, 6) is -0.648. The molecule has 3 N–H and O–H groups in total. The molecular formula is C24H29N5O4. The van der Waals surface area contributed by atoms with Crippen molar-refractivity contribution in [2.24, 2.45) is 5.92 Å². The molecule has 33 heavy (non-hydrogen) atoms. The minimum atomic E-state index is -0.745. The highest BCUT2D eigenvalue weighted by atomic mass is 16.5. The van der Waals surface area contributed by atoms with Crippen LogP contribution < -0.4 is 16.0 Å². The predicted molar refractivity (Wildman–Crippen MR) is 123 cm³/mol. The van der Waals surface area contributed by atoms with Crippen LogP contribution in [0.3, 0.4) is 0 Å². The Kier molecular flexibility index (Phi) is 10.3. The molecule has 0 saturated carbocycles. The molecule has 1 aromatic carbocycles. The summed E-state index contributed by atoms with van der Waals surface area (Å²) in [4.78, 5) is 40.8. The number of aryl methyl sites for hydroxylation is 1. The Morgan fingerprint density at radius 3 is 2.55 bits per heavy atom. The summed E-state index contributed by atoms with van der Waals surface area (Å²) in [6.07, 6.45) is 4.79. The molecule has 2 aromatic rings. The van der Waals surface area contributed by atoms with Gasteiger partial charge in [-0.15, -0.1) is 0 Å². The van der Waals surface area contributed by atoms with Gasteiger partial charge in [-0.25, -0.2) is 4.79 Å². The molecule has 2 rings (SSSR count). The molecule has 9 nitrogen and oxygen atoms in total. The second-order valence-electron chi connectivity index (χ2n) is 7.83. The lowest BCUT2D eigenvalue weighted by Gasteiger charge is -2.19. The maximum Gasteiger partial charge on any atom is 0.411 e. The Balaban J connectivity index is 1.82. The van der Waals surface area contributed by atoms with Gasteiger partial charge in [0.2, 0.25) is 5.91 Å². The average Bonchev–Trinajstić information content (AvgIpc) is 2.80. The van der Waals surface area contributed by atoms with Crippen molar-refractivity contribution in [1.29, 1.82) is 5.26 Å². The van der Waals surface area contributed by atoms with Gasteiger partial charge < -0.3 is 15.4 Å². The van der Waals surface area contributed by atoms with Gasteiger partial charge >= 0.3 is 6.09 Å². The number of carbonyl (C=O) groups is 3. The van der Waals surface area contributed by atoms with Gasteiger partial charge in [-0.2, -0.15) is 5.26 Å². The minimum absolute atomic E-state index is 0.122. The zero-order chi connectivity index (χ0) is 24.1. The Morgan fingerprint density at radius 2 is 1.91 bits per heavy atom. The number of carbonyl (C=O) groups excluding carboxylic acids is 3. The van der Waals surface area contributed by atoms with Gasteiger partial charge in [0.05, 0.1) is 12.7 Å². The molecule has 0 fully saturated rings. The van der Waals surface area contributed by atoms with Gasteiger partial charge in [0.1, 0.15) is 12.6 Å². The van der Waals surface area contributed by atoms with Crippen molar-refractivity contribution in [3.63, 3.8) is 0 Å². The lowest BCUT2D eigenvalue weighted by molar-refractivity contribution is -0.123. The van der Waals surface area contributed by atoms with E-state index in [0.29, 0.717) is 24.1 Å². The van der Waals surface area contributed by atoms with Crippen molar-refractivity contribution in [2.75, 3.05) is 18.5 Å². The first-order valence-electron chi connectivity index (χ1n) is 10.8. The number of anilines is 1. The summed E-state index contributed by atoms with van der Waals surface area (Å²) in [6.45, 7) is 4.03. The van der Waals surface area contributed by atoms with Gasteiger partial charge in [0.25, 0.3) is 5.91 Å². The lowest BCUT2D eigenvalue weighted by atomic mass is 10.0. The van der Waals surface area contributed by atoms with Crippen LogP contribution in [0.1, 0.15) is 42.6 Å². The number of nitrogens with one attached hydrogen (secondary N) is 3. The number of nitrogens with zero attached hydrogens (tertiary/aromatic N) is 2. The smallest absolute Gasteiger partial charge is 0.411 e. The number of aromatic nitrogens is 1. The quantitative estimate of drug-likeness (QED) is 0.355. The number of rotatable bonds is 11. The molecular weight excluding hydrogens is 422 g/mol. The van der Waals surface area contributed by atoms with E-state index in [1.807, 2.05) is 32.0 Å². The van der Waals surface area contributed by atoms with Crippen molar-refractivity contribution in [2.45, 2.75) is 39.2 Å². The molecule has 1 atom stereocenters. The number of benzene rings is 1. The van der Waals surface area contributed by atoms with Crippen molar-refractivity contribution >= 4 is 23.6 Å². The number of pyridine rings is 1. The van der Waals surface area contributed by atoms with Gasteiger partial charge in [0.15, 0.2) is 0 Å². The minimum Gasteiger partial charge on any atom is -0.449 e. The molecule has 0 spiro atoms. The number of hydrogen-bond donors (Lipinski definition) is 3. The molecule has 0 aliphatic carbocycles. The van der Waals surface area contributed by atoms with Crippen LogP contribution in [0, 0.1) is 17.2 Å². The summed E-state index contributed by atoms with van der Waals surface area (Å²) >= 11 is 0. The standard InChI is InChI=1S/C24H29N5O4/c1-17(2)15-21(23(31)27-13-11-25)29-22(30)19-7-9-20(10-8-19)28-24(32)33-14-4-6-18-5-3-12-26-16-18/h3,5,7-10,12,16-17,21H,4,6,13-15H2,1-2H3,(H,27,31)(H,28,32)(H,29,30)/t21-/m0/s1. The Labute approximate surface area is 193 Å². The summed E-state index contributed by atoms with van der Waals surface area (Å²) in [5, 5.41) is 16.4.